The fourth-order valence-corrected chi connectivity index (χ4v) is 3.05. The maximum Gasteiger partial charge on any atom is 0.0604 e. The second-order valence-electron chi connectivity index (χ2n) is 5.02. The molecular formula is C16H22N2S. The third-order valence-corrected chi connectivity index (χ3v) is 4.11. The van der Waals surface area contributed by atoms with Gasteiger partial charge in [0.1, 0.15) is 0 Å². The van der Waals surface area contributed by atoms with Gasteiger partial charge in [-0.05, 0) is 43.6 Å². The molecule has 0 aliphatic rings. The van der Waals surface area contributed by atoms with E-state index in [1.54, 1.807) is 0 Å². The molecule has 1 atom stereocenters. The first-order valence-corrected chi connectivity index (χ1v) is 7.61. The zero-order valence-corrected chi connectivity index (χ0v) is 12.7. The quantitative estimate of drug-likeness (QED) is 0.841. The summed E-state index contributed by atoms with van der Waals surface area (Å²) in [6.45, 7) is 3.19. The number of anilines is 1. The van der Waals surface area contributed by atoms with Crippen molar-refractivity contribution < 1.29 is 0 Å². The number of benzene rings is 1. The number of rotatable bonds is 6. The van der Waals surface area contributed by atoms with Crippen LogP contribution in [-0.2, 0) is 6.54 Å². The predicted molar refractivity (Wildman–Crippen MR) is 84.8 cm³/mol. The van der Waals surface area contributed by atoms with Gasteiger partial charge >= 0.3 is 0 Å². The molecule has 0 amide bonds. The van der Waals surface area contributed by atoms with Gasteiger partial charge in [0, 0.05) is 17.1 Å². The largest absolute Gasteiger partial charge is 0.377 e. The summed E-state index contributed by atoms with van der Waals surface area (Å²) in [6, 6.07) is 13.3. The van der Waals surface area contributed by atoms with Crippen molar-refractivity contribution in [2.75, 3.05) is 19.4 Å². The van der Waals surface area contributed by atoms with Crippen molar-refractivity contribution in [2.45, 2.75) is 25.9 Å². The number of hydrogen-bond donors (Lipinski definition) is 1. The molecule has 2 rings (SSSR count). The van der Waals surface area contributed by atoms with Crippen molar-refractivity contribution in [2.24, 2.45) is 0 Å². The summed E-state index contributed by atoms with van der Waals surface area (Å²) in [7, 11) is 4.21. The van der Waals surface area contributed by atoms with E-state index in [-0.39, 0.29) is 0 Å². The van der Waals surface area contributed by atoms with Gasteiger partial charge < -0.3 is 10.2 Å². The third-order valence-electron chi connectivity index (χ3n) is 3.13. The van der Waals surface area contributed by atoms with E-state index in [2.05, 4.69) is 73.0 Å². The first-order valence-electron chi connectivity index (χ1n) is 6.73. The molecule has 0 radical (unpaired) electrons. The maximum absolute atomic E-state index is 3.69. The van der Waals surface area contributed by atoms with Crippen LogP contribution in [0.4, 0.5) is 5.69 Å². The first-order chi connectivity index (χ1) is 9.20. The average Bonchev–Trinajstić information content (AvgIpc) is 2.91. The Balaban J connectivity index is 2.17. The average molecular weight is 274 g/mol. The van der Waals surface area contributed by atoms with Crippen molar-refractivity contribution in [3.05, 3.63) is 52.2 Å². The molecule has 3 heteroatoms. The number of thiophene rings is 1. The SMILES string of the molecule is CCC(Nc1ccccc1CN(C)C)c1cccs1. The summed E-state index contributed by atoms with van der Waals surface area (Å²) in [5, 5.41) is 5.83. The highest BCUT2D eigenvalue weighted by Gasteiger charge is 2.12. The second-order valence-corrected chi connectivity index (χ2v) is 5.99. The Kier molecular flexibility index (Phi) is 5.00. The van der Waals surface area contributed by atoms with Crippen LogP contribution in [0, 0.1) is 0 Å². The van der Waals surface area contributed by atoms with Crippen LogP contribution in [0.5, 0.6) is 0 Å². The van der Waals surface area contributed by atoms with Gasteiger partial charge in [-0.1, -0.05) is 31.2 Å². The van der Waals surface area contributed by atoms with Gasteiger partial charge in [0.15, 0.2) is 0 Å². The van der Waals surface area contributed by atoms with E-state index >= 15 is 0 Å². The Morgan fingerprint density at radius 1 is 1.16 bits per heavy atom. The van der Waals surface area contributed by atoms with Crippen LogP contribution in [0.25, 0.3) is 0 Å². The molecular weight excluding hydrogens is 252 g/mol. The topological polar surface area (TPSA) is 15.3 Å². The van der Waals surface area contributed by atoms with Crippen molar-refractivity contribution in [1.29, 1.82) is 0 Å². The van der Waals surface area contributed by atoms with Crippen LogP contribution < -0.4 is 5.32 Å². The van der Waals surface area contributed by atoms with Crippen LogP contribution in [0.3, 0.4) is 0 Å². The minimum Gasteiger partial charge on any atom is -0.377 e. The van der Waals surface area contributed by atoms with E-state index in [0.29, 0.717) is 6.04 Å². The number of nitrogens with one attached hydrogen (secondary N) is 1. The summed E-state index contributed by atoms with van der Waals surface area (Å²) in [5.74, 6) is 0. The minimum atomic E-state index is 0.406. The van der Waals surface area contributed by atoms with E-state index < -0.39 is 0 Å². The van der Waals surface area contributed by atoms with Gasteiger partial charge in [0.25, 0.3) is 0 Å². The Bertz CT molecular complexity index is 491. The highest BCUT2D eigenvalue weighted by atomic mass is 32.1. The lowest BCUT2D eigenvalue weighted by Gasteiger charge is -2.21. The molecule has 19 heavy (non-hydrogen) atoms. The van der Waals surface area contributed by atoms with Crippen molar-refractivity contribution in [3.8, 4) is 0 Å². The Labute approximate surface area is 120 Å². The van der Waals surface area contributed by atoms with Crippen molar-refractivity contribution in [3.63, 3.8) is 0 Å². The number of hydrogen-bond acceptors (Lipinski definition) is 3. The highest BCUT2D eigenvalue weighted by Crippen LogP contribution is 2.28. The smallest absolute Gasteiger partial charge is 0.0604 e. The van der Waals surface area contributed by atoms with Crippen molar-refractivity contribution >= 4 is 17.0 Å². The summed E-state index contributed by atoms with van der Waals surface area (Å²) >= 11 is 1.82. The van der Waals surface area contributed by atoms with Gasteiger partial charge in [-0.15, -0.1) is 11.3 Å². The molecule has 2 aromatic rings. The highest BCUT2D eigenvalue weighted by molar-refractivity contribution is 7.10. The van der Waals surface area contributed by atoms with Gasteiger partial charge in [0.2, 0.25) is 0 Å². The van der Waals surface area contributed by atoms with Gasteiger partial charge in [0.05, 0.1) is 6.04 Å². The first kappa shape index (κ1) is 14.1. The van der Waals surface area contributed by atoms with Gasteiger partial charge in [-0.3, -0.25) is 0 Å². The predicted octanol–water partition coefficient (Wildman–Crippen LogP) is 4.37. The van der Waals surface area contributed by atoms with Crippen molar-refractivity contribution in [1.82, 2.24) is 4.90 Å². The third kappa shape index (κ3) is 3.82. The molecule has 0 saturated heterocycles. The summed E-state index contributed by atoms with van der Waals surface area (Å²) in [5.41, 5.74) is 2.60. The Hall–Kier alpha value is -1.32. The van der Waals surface area contributed by atoms with E-state index in [9.17, 15) is 0 Å². The molecule has 1 heterocycles. The minimum absolute atomic E-state index is 0.406. The summed E-state index contributed by atoms with van der Waals surface area (Å²) < 4.78 is 0. The van der Waals surface area contributed by atoms with E-state index in [4.69, 9.17) is 0 Å². The molecule has 0 bridgehead atoms. The molecule has 0 aliphatic carbocycles. The monoisotopic (exact) mass is 274 g/mol. The normalized spacial score (nSPS) is 12.6. The zero-order chi connectivity index (χ0) is 13.7. The van der Waals surface area contributed by atoms with Crippen LogP contribution >= 0.6 is 11.3 Å². The van der Waals surface area contributed by atoms with Crippen LogP contribution in [0.2, 0.25) is 0 Å². The number of nitrogens with zero attached hydrogens (tertiary/aromatic N) is 1. The molecule has 102 valence electrons. The molecule has 0 fully saturated rings. The maximum atomic E-state index is 3.69. The molecule has 0 saturated carbocycles. The molecule has 0 aliphatic heterocycles. The van der Waals surface area contributed by atoms with E-state index in [1.165, 1.54) is 16.1 Å². The summed E-state index contributed by atoms with van der Waals surface area (Å²) in [6.07, 6.45) is 1.09. The fourth-order valence-electron chi connectivity index (χ4n) is 2.19. The lowest BCUT2D eigenvalue weighted by atomic mass is 10.1. The lowest BCUT2D eigenvalue weighted by Crippen LogP contribution is -2.14. The Morgan fingerprint density at radius 2 is 1.95 bits per heavy atom. The summed E-state index contributed by atoms with van der Waals surface area (Å²) in [4.78, 5) is 3.61. The molecule has 2 nitrogen and oxygen atoms in total. The molecule has 1 aromatic carbocycles. The number of para-hydroxylation sites is 1. The molecule has 1 N–H and O–H groups in total. The van der Waals surface area contributed by atoms with Gasteiger partial charge in [-0.25, -0.2) is 0 Å². The Morgan fingerprint density at radius 3 is 2.58 bits per heavy atom. The molecule has 1 aromatic heterocycles. The standard InChI is InChI=1S/C16H22N2S/c1-4-14(16-10-7-11-19-16)17-15-9-6-5-8-13(15)12-18(2)3/h5-11,14,17H,4,12H2,1-3H3. The van der Waals surface area contributed by atoms with E-state index in [1.807, 2.05) is 11.3 Å². The van der Waals surface area contributed by atoms with Gasteiger partial charge in [-0.2, -0.15) is 0 Å². The van der Waals surface area contributed by atoms with Crippen LogP contribution in [-0.4, -0.2) is 19.0 Å². The molecule has 0 spiro atoms. The van der Waals surface area contributed by atoms with E-state index in [0.717, 1.165) is 13.0 Å². The zero-order valence-electron chi connectivity index (χ0n) is 11.9. The fraction of sp³-hybridized carbons (Fsp3) is 0.375. The molecule has 1 unspecified atom stereocenters. The van der Waals surface area contributed by atoms with Crippen LogP contribution in [0.15, 0.2) is 41.8 Å². The lowest BCUT2D eigenvalue weighted by molar-refractivity contribution is 0.403. The van der Waals surface area contributed by atoms with Crippen LogP contribution in [0.1, 0.15) is 29.8 Å². The second kappa shape index (κ2) is 6.73.